The highest BCUT2D eigenvalue weighted by molar-refractivity contribution is 6.30. The van der Waals surface area contributed by atoms with Gasteiger partial charge in [0, 0.05) is 23.0 Å². The lowest BCUT2D eigenvalue weighted by atomic mass is 10.0. The quantitative estimate of drug-likeness (QED) is 0.841. The van der Waals surface area contributed by atoms with E-state index in [4.69, 9.17) is 16.1 Å². The van der Waals surface area contributed by atoms with Crippen molar-refractivity contribution in [2.45, 2.75) is 39.7 Å². The van der Waals surface area contributed by atoms with Crippen LogP contribution in [0.5, 0.6) is 0 Å². The molecule has 0 spiro atoms. The molecule has 1 N–H and O–H groups in total. The van der Waals surface area contributed by atoms with Crippen LogP contribution in [0, 0.1) is 5.92 Å². The second-order valence-corrected chi connectivity index (χ2v) is 5.97. The van der Waals surface area contributed by atoms with Gasteiger partial charge in [-0.05, 0) is 31.0 Å². The number of halogens is 1. The Morgan fingerprint density at radius 1 is 1.33 bits per heavy atom. The Morgan fingerprint density at radius 2 is 2.14 bits per heavy atom. The fraction of sp³-hybridized carbons (Fsp3) is 0.500. The van der Waals surface area contributed by atoms with Crippen molar-refractivity contribution in [3.8, 4) is 11.4 Å². The molecule has 0 saturated carbocycles. The molecule has 1 atom stereocenters. The Bertz CT molecular complexity index is 568. The highest BCUT2D eigenvalue weighted by Gasteiger charge is 2.17. The van der Waals surface area contributed by atoms with Crippen molar-refractivity contribution in [1.29, 1.82) is 0 Å². The van der Waals surface area contributed by atoms with Crippen LogP contribution in [0.1, 0.15) is 33.1 Å². The Hall–Kier alpha value is -1.39. The third-order valence-corrected chi connectivity index (χ3v) is 3.64. The van der Waals surface area contributed by atoms with Gasteiger partial charge >= 0.3 is 0 Å². The number of benzene rings is 1. The molecule has 1 unspecified atom stereocenters. The first kappa shape index (κ1) is 16.0. The average Bonchev–Trinajstić information content (AvgIpc) is 2.91. The van der Waals surface area contributed by atoms with Crippen LogP contribution in [-0.2, 0) is 6.42 Å². The lowest BCUT2D eigenvalue weighted by molar-refractivity contribution is 0.326. The highest BCUT2D eigenvalue weighted by atomic mass is 35.5. The molecule has 21 heavy (non-hydrogen) atoms. The van der Waals surface area contributed by atoms with Crippen molar-refractivity contribution < 1.29 is 4.52 Å². The summed E-state index contributed by atoms with van der Waals surface area (Å²) in [6, 6.07) is 7.82. The van der Waals surface area contributed by atoms with E-state index < -0.39 is 0 Å². The van der Waals surface area contributed by atoms with E-state index in [1.54, 1.807) is 0 Å². The first-order valence-corrected chi connectivity index (χ1v) is 7.80. The minimum absolute atomic E-state index is 0.345. The predicted molar refractivity (Wildman–Crippen MR) is 85.4 cm³/mol. The lowest BCUT2D eigenvalue weighted by Crippen LogP contribution is -2.36. The molecule has 1 aromatic carbocycles. The van der Waals surface area contributed by atoms with Gasteiger partial charge in [0.15, 0.2) is 0 Å². The molecule has 0 bridgehead atoms. The van der Waals surface area contributed by atoms with Crippen molar-refractivity contribution >= 4 is 11.6 Å². The largest absolute Gasteiger partial charge is 0.339 e. The van der Waals surface area contributed by atoms with E-state index in [9.17, 15) is 0 Å². The maximum absolute atomic E-state index is 5.99. The smallest absolute Gasteiger partial charge is 0.228 e. The second kappa shape index (κ2) is 7.57. The third-order valence-electron chi connectivity index (χ3n) is 3.41. The van der Waals surface area contributed by atoms with Crippen LogP contribution in [0.2, 0.25) is 5.02 Å². The second-order valence-electron chi connectivity index (χ2n) is 5.53. The van der Waals surface area contributed by atoms with E-state index in [2.05, 4.69) is 36.2 Å². The van der Waals surface area contributed by atoms with Gasteiger partial charge in [-0.3, -0.25) is 0 Å². The van der Waals surface area contributed by atoms with E-state index in [-0.39, 0.29) is 0 Å². The molecular formula is C16H22ClN3O. The molecule has 0 aliphatic heterocycles. The zero-order chi connectivity index (χ0) is 15.2. The van der Waals surface area contributed by atoms with Gasteiger partial charge in [-0.1, -0.05) is 49.7 Å². The average molecular weight is 308 g/mol. The maximum atomic E-state index is 5.99. The van der Waals surface area contributed by atoms with Gasteiger partial charge in [-0.15, -0.1) is 0 Å². The summed E-state index contributed by atoms with van der Waals surface area (Å²) in [5, 5.41) is 8.24. The molecule has 2 aromatic rings. The lowest BCUT2D eigenvalue weighted by Gasteiger charge is -2.20. The maximum Gasteiger partial charge on any atom is 0.228 e. The van der Waals surface area contributed by atoms with Crippen LogP contribution in [-0.4, -0.2) is 22.7 Å². The zero-order valence-electron chi connectivity index (χ0n) is 12.8. The van der Waals surface area contributed by atoms with Crippen LogP contribution >= 0.6 is 11.6 Å². The molecule has 2 rings (SSSR count). The van der Waals surface area contributed by atoms with Crippen molar-refractivity contribution in [2.24, 2.45) is 5.92 Å². The number of nitrogens with one attached hydrogen (secondary N) is 1. The minimum Gasteiger partial charge on any atom is -0.339 e. The van der Waals surface area contributed by atoms with Gasteiger partial charge in [-0.2, -0.15) is 4.98 Å². The van der Waals surface area contributed by atoms with Gasteiger partial charge in [0.2, 0.25) is 11.7 Å². The van der Waals surface area contributed by atoms with Gasteiger partial charge in [0.1, 0.15) is 0 Å². The third kappa shape index (κ3) is 4.55. The van der Waals surface area contributed by atoms with E-state index in [1.807, 2.05) is 24.3 Å². The molecule has 5 heteroatoms. The van der Waals surface area contributed by atoms with Crippen LogP contribution in [0.25, 0.3) is 11.4 Å². The Kier molecular flexibility index (Phi) is 5.76. The molecule has 114 valence electrons. The molecule has 0 saturated heterocycles. The van der Waals surface area contributed by atoms with E-state index in [0.29, 0.717) is 28.7 Å². The van der Waals surface area contributed by atoms with Gasteiger partial charge in [-0.25, -0.2) is 0 Å². The Balaban J connectivity index is 2.08. The highest BCUT2D eigenvalue weighted by Crippen LogP contribution is 2.20. The topological polar surface area (TPSA) is 51.0 Å². The zero-order valence-corrected chi connectivity index (χ0v) is 13.5. The minimum atomic E-state index is 0.345. The summed E-state index contributed by atoms with van der Waals surface area (Å²) in [5.41, 5.74) is 0.875. The monoisotopic (exact) mass is 307 g/mol. The van der Waals surface area contributed by atoms with Crippen molar-refractivity contribution in [2.75, 3.05) is 6.54 Å². The number of hydrogen-bond acceptors (Lipinski definition) is 4. The standard InChI is InChI=1S/C16H22ClN3O/c1-4-8-18-14(11(2)3)10-15-19-16(20-21-15)12-6-5-7-13(17)9-12/h5-7,9,11,14,18H,4,8,10H2,1-3H3. The normalized spacial score (nSPS) is 12.8. The van der Waals surface area contributed by atoms with Crippen molar-refractivity contribution in [1.82, 2.24) is 15.5 Å². The van der Waals surface area contributed by atoms with E-state index in [0.717, 1.165) is 24.9 Å². The fourth-order valence-electron chi connectivity index (χ4n) is 2.14. The summed E-state index contributed by atoms with van der Waals surface area (Å²) >= 11 is 5.99. The SMILES string of the molecule is CCCNC(Cc1nc(-c2cccc(Cl)c2)no1)C(C)C. The van der Waals surface area contributed by atoms with E-state index in [1.165, 1.54) is 0 Å². The molecule has 1 heterocycles. The van der Waals surface area contributed by atoms with Crippen LogP contribution in [0.15, 0.2) is 28.8 Å². The molecular weight excluding hydrogens is 286 g/mol. The number of rotatable bonds is 7. The molecule has 1 aromatic heterocycles. The van der Waals surface area contributed by atoms with Crippen molar-refractivity contribution in [3.05, 3.63) is 35.2 Å². The molecule has 0 aliphatic rings. The first-order chi connectivity index (χ1) is 10.1. The number of nitrogens with zero attached hydrogens (tertiary/aromatic N) is 2. The molecule has 0 radical (unpaired) electrons. The Morgan fingerprint density at radius 3 is 2.81 bits per heavy atom. The number of hydrogen-bond donors (Lipinski definition) is 1. The summed E-state index contributed by atoms with van der Waals surface area (Å²) < 4.78 is 5.38. The summed E-state index contributed by atoms with van der Waals surface area (Å²) in [5.74, 6) is 1.76. The molecule has 0 fully saturated rings. The predicted octanol–water partition coefficient (Wildman–Crippen LogP) is 3.96. The molecule has 0 amide bonds. The summed E-state index contributed by atoms with van der Waals surface area (Å²) in [6.45, 7) is 7.55. The summed E-state index contributed by atoms with van der Waals surface area (Å²) in [6.07, 6.45) is 1.85. The molecule has 0 aliphatic carbocycles. The van der Waals surface area contributed by atoms with Gasteiger partial charge in [0.25, 0.3) is 0 Å². The van der Waals surface area contributed by atoms with Crippen LogP contribution < -0.4 is 5.32 Å². The fourth-order valence-corrected chi connectivity index (χ4v) is 2.33. The van der Waals surface area contributed by atoms with E-state index >= 15 is 0 Å². The first-order valence-electron chi connectivity index (χ1n) is 7.42. The molecule has 4 nitrogen and oxygen atoms in total. The summed E-state index contributed by atoms with van der Waals surface area (Å²) in [4.78, 5) is 4.48. The van der Waals surface area contributed by atoms with Crippen molar-refractivity contribution in [3.63, 3.8) is 0 Å². The van der Waals surface area contributed by atoms with Gasteiger partial charge in [0.05, 0.1) is 0 Å². The van der Waals surface area contributed by atoms with Crippen LogP contribution in [0.3, 0.4) is 0 Å². The van der Waals surface area contributed by atoms with Gasteiger partial charge < -0.3 is 9.84 Å². The van der Waals surface area contributed by atoms with Crippen LogP contribution in [0.4, 0.5) is 0 Å². The summed E-state index contributed by atoms with van der Waals surface area (Å²) in [7, 11) is 0. The Labute approximate surface area is 130 Å². The number of aromatic nitrogens is 2.